The number of benzene rings is 3. The largest absolute Gasteiger partial charge is 0.495 e. The first kappa shape index (κ1) is 23.0. The van der Waals surface area contributed by atoms with E-state index in [1.54, 1.807) is 23.1 Å². The molecule has 1 aliphatic heterocycles. The molecule has 3 aromatic rings. The fourth-order valence-electron chi connectivity index (χ4n) is 4.18. The molecule has 0 unspecified atom stereocenters. The maximum atomic E-state index is 13.6. The van der Waals surface area contributed by atoms with Crippen LogP contribution in [0.3, 0.4) is 0 Å². The summed E-state index contributed by atoms with van der Waals surface area (Å²) in [7, 11) is -2.58. The number of sulfonamides is 1. The molecule has 172 valence electrons. The molecule has 1 aliphatic rings. The topological polar surface area (TPSA) is 75.7 Å². The predicted molar refractivity (Wildman–Crippen MR) is 128 cm³/mol. The van der Waals surface area contributed by atoms with Crippen LogP contribution in [0.1, 0.15) is 22.3 Å². The van der Waals surface area contributed by atoms with Crippen molar-refractivity contribution in [2.24, 2.45) is 0 Å². The molecule has 0 aliphatic carbocycles. The number of nitrogens with zero attached hydrogens (tertiary/aromatic N) is 1. The van der Waals surface area contributed by atoms with Gasteiger partial charge in [-0.1, -0.05) is 60.7 Å². The van der Waals surface area contributed by atoms with Crippen LogP contribution in [0.25, 0.3) is 0 Å². The van der Waals surface area contributed by atoms with Crippen molar-refractivity contribution >= 4 is 15.9 Å². The summed E-state index contributed by atoms with van der Waals surface area (Å²) in [6, 6.07) is 21.5. The van der Waals surface area contributed by atoms with Gasteiger partial charge in [-0.3, -0.25) is 4.79 Å². The van der Waals surface area contributed by atoms with E-state index in [2.05, 4.69) is 10.8 Å². The number of rotatable bonds is 7. The van der Waals surface area contributed by atoms with Gasteiger partial charge in [-0.15, -0.1) is 0 Å². The molecule has 0 fully saturated rings. The van der Waals surface area contributed by atoms with Gasteiger partial charge in [-0.2, -0.15) is 4.72 Å². The molecule has 3 aromatic carbocycles. The molecule has 33 heavy (non-hydrogen) atoms. The van der Waals surface area contributed by atoms with Crippen LogP contribution in [-0.2, 0) is 34.2 Å². The summed E-state index contributed by atoms with van der Waals surface area (Å²) in [5.74, 6) is 0.00876. The van der Waals surface area contributed by atoms with Gasteiger partial charge >= 0.3 is 0 Å². The Bertz CT molecular complexity index is 1240. The second kappa shape index (κ2) is 9.77. The maximum Gasteiger partial charge on any atom is 0.244 e. The number of carbonyl (C=O) groups is 1. The summed E-state index contributed by atoms with van der Waals surface area (Å²) >= 11 is 0. The Labute approximate surface area is 195 Å². The van der Waals surface area contributed by atoms with Gasteiger partial charge in [0, 0.05) is 13.1 Å². The number of hydrogen-bond acceptors (Lipinski definition) is 4. The summed E-state index contributed by atoms with van der Waals surface area (Å²) < 4.78 is 34.7. The number of carbonyl (C=O) groups excluding carboxylic acids is 1. The molecule has 7 heteroatoms. The molecule has 1 N–H and O–H groups in total. The van der Waals surface area contributed by atoms with Gasteiger partial charge in [0.2, 0.25) is 15.9 Å². The minimum atomic E-state index is -4.01. The summed E-state index contributed by atoms with van der Waals surface area (Å²) in [4.78, 5) is 15.4. The molecule has 1 amide bonds. The third-order valence-corrected chi connectivity index (χ3v) is 7.42. The zero-order valence-electron chi connectivity index (χ0n) is 18.8. The highest BCUT2D eigenvalue weighted by atomic mass is 32.2. The van der Waals surface area contributed by atoms with Crippen LogP contribution >= 0.6 is 0 Å². The van der Waals surface area contributed by atoms with Crippen LogP contribution in [0.5, 0.6) is 5.75 Å². The van der Waals surface area contributed by atoms with Crippen molar-refractivity contribution in [2.45, 2.75) is 37.2 Å². The lowest BCUT2D eigenvalue weighted by molar-refractivity contribution is -0.133. The Morgan fingerprint density at radius 3 is 2.45 bits per heavy atom. The fraction of sp³-hybridized carbons (Fsp3) is 0.269. The van der Waals surface area contributed by atoms with E-state index in [1.807, 2.05) is 55.5 Å². The number of fused-ring (bicyclic) bond motifs is 1. The summed E-state index contributed by atoms with van der Waals surface area (Å²) in [5.41, 5.74) is 3.99. The second-order valence-corrected chi connectivity index (χ2v) is 9.98. The van der Waals surface area contributed by atoms with Crippen molar-refractivity contribution in [3.63, 3.8) is 0 Å². The van der Waals surface area contributed by atoms with Gasteiger partial charge in [0.25, 0.3) is 0 Å². The quantitative estimate of drug-likeness (QED) is 0.581. The number of methoxy groups -OCH3 is 1. The standard InChI is InChI=1S/C26H28N2O4S/c1-19-12-13-24(32-2)25(16-19)33(30,31)27-23(17-20-8-4-3-5-9-20)26(29)28-15-14-21-10-6-7-11-22(21)18-28/h3-13,16,23,27H,14-15,17-18H2,1-2H3/t23-/m0/s1. The second-order valence-electron chi connectivity index (χ2n) is 8.30. The molecule has 1 atom stereocenters. The first-order valence-corrected chi connectivity index (χ1v) is 12.4. The smallest absolute Gasteiger partial charge is 0.244 e. The molecule has 4 rings (SSSR count). The average molecular weight is 465 g/mol. The van der Waals surface area contributed by atoms with E-state index in [1.165, 1.54) is 12.7 Å². The lowest BCUT2D eigenvalue weighted by Gasteiger charge is -2.32. The summed E-state index contributed by atoms with van der Waals surface area (Å²) in [6.07, 6.45) is 1.00. The van der Waals surface area contributed by atoms with E-state index in [-0.39, 0.29) is 23.0 Å². The summed E-state index contributed by atoms with van der Waals surface area (Å²) in [5, 5.41) is 0. The van der Waals surface area contributed by atoms with Crippen molar-refractivity contribution in [1.82, 2.24) is 9.62 Å². The number of hydrogen-bond donors (Lipinski definition) is 1. The van der Waals surface area contributed by atoms with E-state index >= 15 is 0 Å². The molecule has 0 bridgehead atoms. The van der Waals surface area contributed by atoms with Crippen molar-refractivity contribution in [3.8, 4) is 5.75 Å². The van der Waals surface area contributed by atoms with Crippen LogP contribution in [0.4, 0.5) is 0 Å². The molecule has 1 heterocycles. The third kappa shape index (κ3) is 5.26. The lowest BCUT2D eigenvalue weighted by Crippen LogP contribution is -2.50. The Morgan fingerprint density at radius 2 is 1.73 bits per heavy atom. The molecule has 0 aromatic heterocycles. The van der Waals surface area contributed by atoms with E-state index < -0.39 is 16.1 Å². The normalized spacial score (nSPS) is 14.4. The lowest BCUT2D eigenvalue weighted by atomic mass is 9.98. The zero-order valence-corrected chi connectivity index (χ0v) is 19.6. The average Bonchev–Trinajstić information content (AvgIpc) is 2.83. The van der Waals surface area contributed by atoms with Gasteiger partial charge in [-0.25, -0.2) is 8.42 Å². The van der Waals surface area contributed by atoms with Crippen LogP contribution < -0.4 is 9.46 Å². The maximum absolute atomic E-state index is 13.6. The third-order valence-electron chi connectivity index (χ3n) is 5.93. The Morgan fingerprint density at radius 1 is 1.03 bits per heavy atom. The van der Waals surface area contributed by atoms with Crippen LogP contribution in [-0.4, -0.2) is 38.9 Å². The molecule has 0 spiro atoms. The van der Waals surface area contributed by atoms with E-state index in [0.717, 1.165) is 23.1 Å². The van der Waals surface area contributed by atoms with Crippen LogP contribution in [0, 0.1) is 6.92 Å². The molecule has 0 radical (unpaired) electrons. The minimum absolute atomic E-state index is 0.0276. The number of nitrogens with one attached hydrogen (secondary N) is 1. The van der Waals surface area contributed by atoms with Crippen molar-refractivity contribution in [3.05, 3.63) is 95.1 Å². The predicted octanol–water partition coefficient (Wildman–Crippen LogP) is 3.48. The van der Waals surface area contributed by atoms with Crippen LogP contribution in [0.2, 0.25) is 0 Å². The highest BCUT2D eigenvalue weighted by Crippen LogP contribution is 2.26. The molecule has 0 saturated heterocycles. The highest BCUT2D eigenvalue weighted by Gasteiger charge is 2.32. The van der Waals surface area contributed by atoms with Gasteiger partial charge in [0.1, 0.15) is 16.7 Å². The first-order valence-electron chi connectivity index (χ1n) is 10.9. The molecule has 6 nitrogen and oxygen atoms in total. The van der Waals surface area contributed by atoms with Crippen molar-refractivity contribution in [1.29, 1.82) is 0 Å². The van der Waals surface area contributed by atoms with Gasteiger partial charge in [0.05, 0.1) is 7.11 Å². The van der Waals surface area contributed by atoms with E-state index in [0.29, 0.717) is 13.1 Å². The minimum Gasteiger partial charge on any atom is -0.495 e. The zero-order chi connectivity index (χ0) is 23.4. The van der Waals surface area contributed by atoms with E-state index in [4.69, 9.17) is 4.74 Å². The Kier molecular flexibility index (Phi) is 6.81. The van der Waals surface area contributed by atoms with Crippen molar-refractivity contribution in [2.75, 3.05) is 13.7 Å². The van der Waals surface area contributed by atoms with Gasteiger partial charge in [0.15, 0.2) is 0 Å². The number of amides is 1. The molecule has 0 saturated carbocycles. The fourth-order valence-corrected chi connectivity index (χ4v) is 5.62. The van der Waals surface area contributed by atoms with Gasteiger partial charge < -0.3 is 9.64 Å². The highest BCUT2D eigenvalue weighted by molar-refractivity contribution is 7.89. The number of ether oxygens (including phenoxy) is 1. The van der Waals surface area contributed by atoms with Crippen LogP contribution in [0.15, 0.2) is 77.7 Å². The van der Waals surface area contributed by atoms with E-state index in [9.17, 15) is 13.2 Å². The monoisotopic (exact) mass is 464 g/mol. The summed E-state index contributed by atoms with van der Waals surface area (Å²) in [6.45, 7) is 2.84. The Hall–Kier alpha value is -3.16. The SMILES string of the molecule is COc1ccc(C)cc1S(=O)(=O)N[C@@H](Cc1ccccc1)C(=O)N1CCc2ccccc2C1. The van der Waals surface area contributed by atoms with Gasteiger partial charge in [-0.05, 0) is 54.2 Å². The first-order chi connectivity index (χ1) is 15.9. The number of aryl methyl sites for hydroxylation is 1. The molecular formula is C26H28N2O4S. The van der Waals surface area contributed by atoms with Crippen molar-refractivity contribution < 1.29 is 17.9 Å². The Balaban J connectivity index is 1.64. The molecular weight excluding hydrogens is 436 g/mol.